The number of rotatable bonds is 7. The van der Waals surface area contributed by atoms with Crippen LogP contribution in [0.25, 0.3) is 0 Å². The molecule has 0 aliphatic rings. The molecule has 0 aliphatic carbocycles. The maximum Gasteiger partial charge on any atom is 0.343 e. The average Bonchev–Trinajstić information content (AvgIpc) is 2.61. The maximum atomic E-state index is 12.2. The van der Waals surface area contributed by atoms with Crippen molar-refractivity contribution in [1.29, 1.82) is 0 Å². The summed E-state index contributed by atoms with van der Waals surface area (Å²) in [4.78, 5) is 23.5. The fraction of sp³-hybridized carbons (Fsp3) is 0.222. The first kappa shape index (κ1) is 19.6. The molecule has 2 aromatic carbocycles. The summed E-state index contributed by atoms with van der Waals surface area (Å²) in [6, 6.07) is 10.8. The lowest BCUT2D eigenvalue weighted by molar-refractivity contribution is 0.0499. The van der Waals surface area contributed by atoms with Gasteiger partial charge in [-0.05, 0) is 42.8 Å². The number of esters is 2. The van der Waals surface area contributed by atoms with Crippen molar-refractivity contribution in [2.45, 2.75) is 24.7 Å². The highest BCUT2D eigenvalue weighted by Gasteiger charge is 2.19. The Morgan fingerprint density at radius 1 is 0.962 bits per heavy atom. The Morgan fingerprint density at radius 3 is 2.12 bits per heavy atom. The molecule has 0 aromatic heterocycles. The van der Waals surface area contributed by atoms with E-state index in [4.69, 9.17) is 14.0 Å². The quantitative estimate of drug-likeness (QED) is 0.341. The van der Waals surface area contributed by atoms with E-state index >= 15 is 0 Å². The molecule has 0 atom stereocenters. The number of para-hydroxylation sites is 1. The minimum Gasteiger partial charge on any atom is -0.462 e. The van der Waals surface area contributed by atoms with E-state index in [2.05, 4.69) is 0 Å². The highest BCUT2D eigenvalue weighted by Crippen LogP contribution is 2.24. The first-order valence-electron chi connectivity index (χ1n) is 7.89. The fourth-order valence-electron chi connectivity index (χ4n) is 2.04. The highest BCUT2D eigenvalue weighted by molar-refractivity contribution is 7.86. The Bertz CT molecular complexity index is 886. The van der Waals surface area contributed by atoms with E-state index in [0.29, 0.717) is 6.61 Å². The molecule has 1 N–H and O–H groups in total. The zero-order valence-corrected chi connectivity index (χ0v) is 14.9. The lowest BCUT2D eigenvalue weighted by atomic mass is 10.1. The van der Waals surface area contributed by atoms with Crippen molar-refractivity contribution in [2.24, 2.45) is 0 Å². The van der Waals surface area contributed by atoms with Gasteiger partial charge in [-0.15, -0.1) is 0 Å². The van der Waals surface area contributed by atoms with Crippen molar-refractivity contribution in [2.75, 3.05) is 6.61 Å². The third-order valence-corrected chi connectivity index (χ3v) is 4.31. The Morgan fingerprint density at radius 2 is 1.54 bits per heavy atom. The molecule has 7 nitrogen and oxygen atoms in total. The van der Waals surface area contributed by atoms with Crippen molar-refractivity contribution in [3.05, 3.63) is 59.7 Å². The SMILES string of the molecule is CCCCOC(=O)c1ccc(C(=O)Oc2ccccc2S(=O)(=O)O)cc1. The summed E-state index contributed by atoms with van der Waals surface area (Å²) in [6.07, 6.45) is 1.67. The molecule has 0 fully saturated rings. The summed E-state index contributed by atoms with van der Waals surface area (Å²) >= 11 is 0. The van der Waals surface area contributed by atoms with Crippen LogP contribution in [0.15, 0.2) is 53.4 Å². The zero-order valence-electron chi connectivity index (χ0n) is 14.0. The van der Waals surface area contributed by atoms with Crippen LogP contribution in [0, 0.1) is 0 Å². The third-order valence-electron chi connectivity index (χ3n) is 3.42. The molecule has 0 saturated heterocycles. The average molecular weight is 378 g/mol. The molecule has 8 heteroatoms. The van der Waals surface area contributed by atoms with Crippen molar-refractivity contribution in [1.82, 2.24) is 0 Å². The molecule has 0 saturated carbocycles. The molecule has 138 valence electrons. The normalized spacial score (nSPS) is 11.0. The number of ether oxygens (including phenoxy) is 2. The van der Waals surface area contributed by atoms with Crippen LogP contribution >= 0.6 is 0 Å². The highest BCUT2D eigenvalue weighted by atomic mass is 32.2. The van der Waals surface area contributed by atoms with Gasteiger partial charge in [0.1, 0.15) is 4.90 Å². The van der Waals surface area contributed by atoms with Gasteiger partial charge in [-0.25, -0.2) is 9.59 Å². The molecule has 2 aromatic rings. The number of hydrogen-bond donors (Lipinski definition) is 1. The van der Waals surface area contributed by atoms with Gasteiger partial charge >= 0.3 is 11.9 Å². The van der Waals surface area contributed by atoms with Gasteiger partial charge in [-0.1, -0.05) is 25.5 Å². The summed E-state index contributed by atoms with van der Waals surface area (Å²) in [5.74, 6) is -1.61. The predicted molar refractivity (Wildman–Crippen MR) is 92.8 cm³/mol. The summed E-state index contributed by atoms with van der Waals surface area (Å²) in [7, 11) is -4.53. The second-order valence-corrected chi connectivity index (χ2v) is 6.77. The van der Waals surface area contributed by atoms with Gasteiger partial charge in [0.05, 0.1) is 17.7 Å². The largest absolute Gasteiger partial charge is 0.462 e. The molecule has 2 rings (SSSR count). The van der Waals surface area contributed by atoms with Gasteiger partial charge in [0.2, 0.25) is 0 Å². The number of carbonyl (C=O) groups excluding carboxylic acids is 2. The molecule has 0 radical (unpaired) electrons. The summed E-state index contributed by atoms with van der Waals surface area (Å²) < 4.78 is 41.9. The molecule has 0 heterocycles. The summed E-state index contributed by atoms with van der Waals surface area (Å²) in [5.41, 5.74) is 0.399. The second-order valence-electron chi connectivity index (χ2n) is 5.38. The van der Waals surface area contributed by atoms with Crippen LogP contribution in [0.4, 0.5) is 0 Å². The molecule has 0 bridgehead atoms. The lowest BCUT2D eigenvalue weighted by Gasteiger charge is -2.08. The Kier molecular flexibility index (Phi) is 6.48. The van der Waals surface area contributed by atoms with E-state index in [9.17, 15) is 18.0 Å². The van der Waals surface area contributed by atoms with Gasteiger partial charge in [0.15, 0.2) is 5.75 Å². The topological polar surface area (TPSA) is 107 Å². The molecule has 0 spiro atoms. The number of hydrogen-bond acceptors (Lipinski definition) is 6. The summed E-state index contributed by atoms with van der Waals surface area (Å²) in [6.45, 7) is 2.31. The zero-order chi connectivity index (χ0) is 19.2. The van der Waals surface area contributed by atoms with E-state index in [1.54, 1.807) is 0 Å². The van der Waals surface area contributed by atoms with Crippen LogP contribution < -0.4 is 4.74 Å². The maximum absolute atomic E-state index is 12.2. The van der Waals surface area contributed by atoms with Crippen molar-refractivity contribution in [3.8, 4) is 5.75 Å². The minimum absolute atomic E-state index is 0.111. The van der Waals surface area contributed by atoms with E-state index in [1.807, 2.05) is 6.92 Å². The van der Waals surface area contributed by atoms with Crippen molar-refractivity contribution >= 4 is 22.1 Å². The summed E-state index contributed by atoms with van der Waals surface area (Å²) in [5, 5.41) is 0. The minimum atomic E-state index is -4.53. The van der Waals surface area contributed by atoms with E-state index in [0.717, 1.165) is 18.9 Å². The fourth-order valence-corrected chi connectivity index (χ4v) is 2.66. The molecule has 0 aliphatic heterocycles. The standard InChI is InChI=1S/C18H18O7S/c1-2-3-12-24-17(19)13-8-10-14(11-9-13)18(20)25-15-6-4-5-7-16(15)26(21,22)23/h4-11H,2-3,12H2,1H3,(H,21,22,23). The second kappa shape index (κ2) is 8.59. The van der Waals surface area contributed by atoms with Gasteiger partial charge in [-0.3, -0.25) is 4.55 Å². The van der Waals surface area contributed by atoms with Gasteiger partial charge < -0.3 is 9.47 Å². The van der Waals surface area contributed by atoms with Crippen LogP contribution in [0.1, 0.15) is 40.5 Å². The van der Waals surface area contributed by atoms with E-state index < -0.39 is 27.0 Å². The smallest absolute Gasteiger partial charge is 0.343 e. The van der Waals surface area contributed by atoms with Crippen molar-refractivity contribution < 1.29 is 32.0 Å². The van der Waals surface area contributed by atoms with Gasteiger partial charge in [0.25, 0.3) is 10.1 Å². The Labute approximate surface area is 151 Å². The van der Waals surface area contributed by atoms with Crippen LogP contribution in [0.3, 0.4) is 0 Å². The first-order chi connectivity index (χ1) is 12.3. The number of unbranched alkanes of at least 4 members (excludes halogenated alkanes) is 1. The monoisotopic (exact) mass is 378 g/mol. The van der Waals surface area contributed by atoms with Crippen LogP contribution in [-0.2, 0) is 14.9 Å². The lowest BCUT2D eigenvalue weighted by Crippen LogP contribution is -2.12. The molecular formula is C18H18O7S. The van der Waals surface area contributed by atoms with E-state index in [-0.39, 0.29) is 16.9 Å². The predicted octanol–water partition coefficient (Wildman–Crippen LogP) is 3.11. The van der Waals surface area contributed by atoms with Gasteiger partial charge in [-0.2, -0.15) is 8.42 Å². The molecule has 0 unspecified atom stereocenters. The third kappa shape index (κ3) is 5.14. The van der Waals surface area contributed by atoms with Crippen LogP contribution in [0.2, 0.25) is 0 Å². The van der Waals surface area contributed by atoms with Gasteiger partial charge in [0, 0.05) is 0 Å². The molecule has 0 amide bonds. The molecule has 26 heavy (non-hydrogen) atoms. The van der Waals surface area contributed by atoms with E-state index in [1.165, 1.54) is 42.5 Å². The van der Waals surface area contributed by atoms with Crippen LogP contribution in [0.5, 0.6) is 5.75 Å². The van der Waals surface area contributed by atoms with Crippen LogP contribution in [-0.4, -0.2) is 31.5 Å². The Balaban J connectivity index is 2.11. The number of carbonyl (C=O) groups is 2. The number of benzene rings is 2. The van der Waals surface area contributed by atoms with Crippen molar-refractivity contribution in [3.63, 3.8) is 0 Å². The first-order valence-corrected chi connectivity index (χ1v) is 9.33. The molecular weight excluding hydrogens is 360 g/mol. The Hall–Kier alpha value is -2.71.